The highest BCUT2D eigenvalue weighted by Crippen LogP contribution is 2.24. The van der Waals surface area contributed by atoms with Crippen LogP contribution >= 0.6 is 11.5 Å². The fourth-order valence-corrected chi connectivity index (χ4v) is 2.90. The fraction of sp³-hybridized carbons (Fsp3) is 0.222. The van der Waals surface area contributed by atoms with E-state index in [9.17, 15) is 4.79 Å². The lowest BCUT2D eigenvalue weighted by atomic mass is 10.1. The Labute approximate surface area is 144 Å². The van der Waals surface area contributed by atoms with Crippen molar-refractivity contribution in [2.75, 3.05) is 0 Å². The molecule has 0 radical (unpaired) electrons. The monoisotopic (exact) mass is 339 g/mol. The van der Waals surface area contributed by atoms with Gasteiger partial charge in [0, 0.05) is 18.0 Å². The Morgan fingerprint density at radius 2 is 2.04 bits per heavy atom. The normalized spacial score (nSPS) is 11.9. The van der Waals surface area contributed by atoms with Gasteiger partial charge in [0.15, 0.2) is 4.88 Å². The van der Waals surface area contributed by atoms with Crippen molar-refractivity contribution in [1.82, 2.24) is 14.6 Å². The third-order valence-electron chi connectivity index (χ3n) is 3.60. The fourth-order valence-electron chi connectivity index (χ4n) is 2.33. The Balaban J connectivity index is 1.62. The van der Waals surface area contributed by atoms with E-state index in [1.165, 1.54) is 5.56 Å². The Hall–Kier alpha value is -2.60. The largest absolute Gasteiger partial charge is 0.458 e. The third-order valence-corrected chi connectivity index (χ3v) is 4.30. The molecular formula is C18H17N3O2S. The van der Waals surface area contributed by atoms with Gasteiger partial charge < -0.3 is 4.74 Å². The van der Waals surface area contributed by atoms with Crippen LogP contribution in [0.15, 0.2) is 54.9 Å². The average molecular weight is 339 g/mol. The third kappa shape index (κ3) is 4.02. The van der Waals surface area contributed by atoms with Crippen LogP contribution < -0.4 is 0 Å². The number of ether oxygens (including phenoxy) is 1. The summed E-state index contributed by atoms with van der Waals surface area (Å²) < 4.78 is 9.43. The van der Waals surface area contributed by atoms with Gasteiger partial charge in [-0.15, -0.1) is 5.10 Å². The van der Waals surface area contributed by atoms with Gasteiger partial charge in [0.1, 0.15) is 5.69 Å². The molecule has 1 aromatic carbocycles. The zero-order valence-electron chi connectivity index (χ0n) is 13.3. The molecule has 2 aromatic heterocycles. The summed E-state index contributed by atoms with van der Waals surface area (Å²) in [6, 6.07) is 13.8. The maximum atomic E-state index is 12.4. The van der Waals surface area contributed by atoms with Crippen LogP contribution in [0.3, 0.4) is 0 Å². The van der Waals surface area contributed by atoms with E-state index in [-0.39, 0.29) is 12.1 Å². The molecular weight excluding hydrogens is 322 g/mol. The molecule has 0 saturated carbocycles. The van der Waals surface area contributed by atoms with Crippen molar-refractivity contribution < 1.29 is 9.53 Å². The summed E-state index contributed by atoms with van der Waals surface area (Å²) in [5.41, 5.74) is 2.51. The first-order valence-electron chi connectivity index (χ1n) is 7.71. The highest BCUT2D eigenvalue weighted by atomic mass is 32.1. The molecule has 0 amide bonds. The van der Waals surface area contributed by atoms with Crippen molar-refractivity contribution in [3.05, 3.63) is 65.3 Å². The van der Waals surface area contributed by atoms with Crippen molar-refractivity contribution in [2.24, 2.45) is 0 Å². The average Bonchev–Trinajstić information content (AvgIpc) is 3.11. The van der Waals surface area contributed by atoms with E-state index in [1.54, 1.807) is 18.5 Å². The zero-order chi connectivity index (χ0) is 16.8. The number of aryl methyl sites for hydroxylation is 1. The molecule has 122 valence electrons. The molecule has 3 rings (SSSR count). The second kappa shape index (κ2) is 7.79. The standard InChI is InChI=1S/C18H17N3O2S/c1-13(9-10-14-6-3-2-4-7-14)23-18(22)17-16(20-21-24-17)15-8-5-11-19-12-15/h2-8,11-13H,9-10H2,1H3/t13-/m1/s1. The van der Waals surface area contributed by atoms with Gasteiger partial charge in [-0.25, -0.2) is 4.79 Å². The highest BCUT2D eigenvalue weighted by molar-refractivity contribution is 7.08. The van der Waals surface area contributed by atoms with E-state index in [0.717, 1.165) is 29.9 Å². The Bertz CT molecular complexity index is 790. The summed E-state index contributed by atoms with van der Waals surface area (Å²) in [5.74, 6) is -0.385. The molecule has 6 heteroatoms. The van der Waals surface area contributed by atoms with E-state index in [2.05, 4.69) is 26.7 Å². The summed E-state index contributed by atoms with van der Waals surface area (Å²) in [6.45, 7) is 1.90. The highest BCUT2D eigenvalue weighted by Gasteiger charge is 2.21. The number of hydrogen-bond acceptors (Lipinski definition) is 6. The first-order valence-corrected chi connectivity index (χ1v) is 8.49. The predicted octanol–water partition coefficient (Wildman–Crippen LogP) is 3.78. The number of aromatic nitrogens is 3. The molecule has 0 N–H and O–H groups in total. The molecule has 0 aliphatic carbocycles. The molecule has 0 saturated heterocycles. The van der Waals surface area contributed by atoms with Crippen LogP contribution in [-0.4, -0.2) is 26.6 Å². The van der Waals surface area contributed by atoms with Gasteiger partial charge in [0.2, 0.25) is 0 Å². The van der Waals surface area contributed by atoms with E-state index in [1.807, 2.05) is 31.2 Å². The molecule has 3 aromatic rings. The lowest BCUT2D eigenvalue weighted by molar-refractivity contribution is 0.0332. The minimum atomic E-state index is -0.385. The molecule has 0 aliphatic heterocycles. The van der Waals surface area contributed by atoms with Gasteiger partial charge in [-0.2, -0.15) is 0 Å². The first-order chi connectivity index (χ1) is 11.7. The topological polar surface area (TPSA) is 65.0 Å². The number of pyridine rings is 1. The van der Waals surface area contributed by atoms with Crippen LogP contribution in [0.4, 0.5) is 0 Å². The quantitative estimate of drug-likeness (QED) is 0.640. The van der Waals surface area contributed by atoms with Crippen LogP contribution in [0, 0.1) is 0 Å². The van der Waals surface area contributed by atoms with Crippen LogP contribution in [0.2, 0.25) is 0 Å². The predicted molar refractivity (Wildman–Crippen MR) is 92.8 cm³/mol. The Kier molecular flexibility index (Phi) is 5.28. The van der Waals surface area contributed by atoms with Gasteiger partial charge in [0.05, 0.1) is 6.10 Å². The summed E-state index contributed by atoms with van der Waals surface area (Å²) in [6.07, 6.45) is 4.79. The molecule has 0 aliphatic rings. The number of esters is 1. The van der Waals surface area contributed by atoms with Gasteiger partial charge in [-0.3, -0.25) is 4.98 Å². The number of rotatable bonds is 6. The molecule has 1 atom stereocenters. The lowest BCUT2D eigenvalue weighted by Crippen LogP contribution is -2.15. The molecule has 0 unspecified atom stereocenters. The molecule has 0 fully saturated rings. The van der Waals surface area contributed by atoms with Gasteiger partial charge in [0.25, 0.3) is 0 Å². The molecule has 24 heavy (non-hydrogen) atoms. The lowest BCUT2D eigenvalue weighted by Gasteiger charge is -2.12. The van der Waals surface area contributed by atoms with Crippen molar-refractivity contribution in [2.45, 2.75) is 25.9 Å². The minimum Gasteiger partial charge on any atom is -0.458 e. The van der Waals surface area contributed by atoms with Gasteiger partial charge in [-0.05, 0) is 49.0 Å². The Morgan fingerprint density at radius 3 is 2.79 bits per heavy atom. The maximum absolute atomic E-state index is 12.4. The number of carbonyl (C=O) groups is 1. The van der Waals surface area contributed by atoms with E-state index in [0.29, 0.717) is 10.6 Å². The number of benzene rings is 1. The summed E-state index contributed by atoms with van der Waals surface area (Å²) in [5, 5.41) is 4.04. The van der Waals surface area contributed by atoms with E-state index < -0.39 is 0 Å². The van der Waals surface area contributed by atoms with Gasteiger partial charge in [-0.1, -0.05) is 34.8 Å². The maximum Gasteiger partial charge on any atom is 0.352 e. The second-order valence-electron chi connectivity index (χ2n) is 5.43. The molecule has 0 bridgehead atoms. The van der Waals surface area contributed by atoms with Crippen LogP contribution in [0.25, 0.3) is 11.3 Å². The Morgan fingerprint density at radius 1 is 1.21 bits per heavy atom. The molecule has 2 heterocycles. The van der Waals surface area contributed by atoms with Crippen LogP contribution in [0.5, 0.6) is 0 Å². The van der Waals surface area contributed by atoms with Crippen molar-refractivity contribution in [3.63, 3.8) is 0 Å². The smallest absolute Gasteiger partial charge is 0.352 e. The summed E-state index contributed by atoms with van der Waals surface area (Å²) in [7, 11) is 0. The van der Waals surface area contributed by atoms with E-state index >= 15 is 0 Å². The number of carbonyl (C=O) groups excluding carboxylic acids is 1. The summed E-state index contributed by atoms with van der Waals surface area (Å²) >= 11 is 1.05. The molecule has 0 spiro atoms. The second-order valence-corrected chi connectivity index (χ2v) is 6.19. The van der Waals surface area contributed by atoms with Gasteiger partial charge >= 0.3 is 5.97 Å². The molecule has 5 nitrogen and oxygen atoms in total. The number of hydrogen-bond donors (Lipinski definition) is 0. The number of nitrogens with zero attached hydrogens (tertiary/aromatic N) is 3. The first kappa shape index (κ1) is 16.3. The van der Waals surface area contributed by atoms with Crippen molar-refractivity contribution >= 4 is 17.5 Å². The van der Waals surface area contributed by atoms with Crippen LogP contribution in [-0.2, 0) is 11.2 Å². The van der Waals surface area contributed by atoms with Crippen LogP contribution in [0.1, 0.15) is 28.6 Å². The zero-order valence-corrected chi connectivity index (χ0v) is 14.1. The van der Waals surface area contributed by atoms with Crippen molar-refractivity contribution in [1.29, 1.82) is 0 Å². The minimum absolute atomic E-state index is 0.179. The van der Waals surface area contributed by atoms with E-state index in [4.69, 9.17) is 4.74 Å². The van der Waals surface area contributed by atoms with Crippen molar-refractivity contribution in [3.8, 4) is 11.3 Å². The summed E-state index contributed by atoms with van der Waals surface area (Å²) in [4.78, 5) is 16.9. The SMILES string of the molecule is C[C@H](CCc1ccccc1)OC(=O)c1snnc1-c1cccnc1.